The fraction of sp³-hybridized carbons (Fsp3) is 0.429. The highest BCUT2D eigenvalue weighted by Crippen LogP contribution is 2.36. The molecule has 1 aliphatic rings. The summed E-state index contributed by atoms with van der Waals surface area (Å²) in [7, 11) is 1.43. The van der Waals surface area contributed by atoms with E-state index in [0.29, 0.717) is 11.5 Å². The Morgan fingerprint density at radius 3 is 1.98 bits per heavy atom. The van der Waals surface area contributed by atoms with Crippen LogP contribution in [0.2, 0.25) is 0 Å². The van der Waals surface area contributed by atoms with E-state index in [4.69, 9.17) is 37.9 Å². The quantitative estimate of drug-likeness (QED) is 0.295. The van der Waals surface area contributed by atoms with Gasteiger partial charge in [0.1, 0.15) is 25.1 Å². The van der Waals surface area contributed by atoms with Crippen molar-refractivity contribution in [3.05, 3.63) is 54.1 Å². The fourth-order valence-electron chi connectivity index (χ4n) is 3.99. The fourth-order valence-corrected chi connectivity index (χ4v) is 3.99. The molecule has 5 atom stereocenters. The number of carbonyl (C=O) groups excluding carboxylic acids is 4. The van der Waals surface area contributed by atoms with Crippen LogP contribution in [-0.2, 0) is 49.5 Å². The largest absolute Gasteiger partial charge is 0.493 e. The first-order valence-corrected chi connectivity index (χ1v) is 12.4. The predicted octanol–water partition coefficient (Wildman–Crippen LogP) is 2.74. The Morgan fingerprint density at radius 2 is 1.38 bits per heavy atom. The van der Waals surface area contributed by atoms with Gasteiger partial charge >= 0.3 is 23.9 Å². The number of hydrogen-bond donors (Lipinski definition) is 0. The highest BCUT2D eigenvalue weighted by molar-refractivity contribution is 5.68. The van der Waals surface area contributed by atoms with Crippen LogP contribution in [0, 0.1) is 0 Å². The van der Waals surface area contributed by atoms with Crippen LogP contribution in [0.4, 0.5) is 0 Å². The first kappa shape index (κ1) is 30.2. The molecule has 0 saturated carbocycles. The highest BCUT2D eigenvalue weighted by Gasteiger charge is 2.53. The van der Waals surface area contributed by atoms with Crippen LogP contribution < -0.4 is 14.2 Å². The van der Waals surface area contributed by atoms with Gasteiger partial charge in [-0.15, -0.1) is 0 Å². The maximum Gasteiger partial charge on any atom is 0.303 e. The summed E-state index contributed by atoms with van der Waals surface area (Å²) in [5.41, 5.74) is 0.945. The molecule has 0 amide bonds. The van der Waals surface area contributed by atoms with Gasteiger partial charge in [-0.2, -0.15) is 0 Å². The molecule has 40 heavy (non-hydrogen) atoms. The van der Waals surface area contributed by atoms with E-state index in [1.165, 1.54) is 14.0 Å². The first-order valence-electron chi connectivity index (χ1n) is 12.4. The normalized spacial score (nSPS) is 21.9. The van der Waals surface area contributed by atoms with Crippen LogP contribution in [0.15, 0.2) is 48.5 Å². The van der Waals surface area contributed by atoms with Crippen molar-refractivity contribution in [3.63, 3.8) is 0 Å². The number of methoxy groups -OCH3 is 1. The van der Waals surface area contributed by atoms with E-state index in [1.54, 1.807) is 18.2 Å². The van der Waals surface area contributed by atoms with Crippen molar-refractivity contribution in [1.29, 1.82) is 0 Å². The number of esters is 4. The zero-order chi connectivity index (χ0) is 29.2. The van der Waals surface area contributed by atoms with Crippen LogP contribution in [-0.4, -0.2) is 68.3 Å². The second-order valence-corrected chi connectivity index (χ2v) is 8.77. The van der Waals surface area contributed by atoms with Gasteiger partial charge in [-0.25, -0.2) is 0 Å². The predicted molar refractivity (Wildman–Crippen MR) is 136 cm³/mol. The van der Waals surface area contributed by atoms with Crippen LogP contribution in [0.25, 0.3) is 0 Å². The monoisotopic (exact) mass is 560 g/mol. The average molecular weight is 561 g/mol. The van der Waals surface area contributed by atoms with E-state index in [9.17, 15) is 19.2 Å². The van der Waals surface area contributed by atoms with E-state index in [1.807, 2.05) is 30.3 Å². The van der Waals surface area contributed by atoms with Gasteiger partial charge in [-0.3, -0.25) is 19.2 Å². The van der Waals surface area contributed by atoms with Crippen LogP contribution in [0.5, 0.6) is 17.2 Å². The summed E-state index contributed by atoms with van der Waals surface area (Å²) in [5, 5.41) is 0. The van der Waals surface area contributed by atoms with E-state index in [-0.39, 0.29) is 19.0 Å². The number of benzene rings is 2. The van der Waals surface area contributed by atoms with Crippen molar-refractivity contribution in [2.75, 3.05) is 13.7 Å². The molecule has 0 radical (unpaired) electrons. The third-order valence-corrected chi connectivity index (χ3v) is 5.57. The Balaban J connectivity index is 1.96. The lowest BCUT2D eigenvalue weighted by molar-refractivity contribution is -0.288. The second kappa shape index (κ2) is 14.2. The molecular formula is C28H32O12. The summed E-state index contributed by atoms with van der Waals surface area (Å²) in [5.74, 6) is -1.98. The zero-order valence-electron chi connectivity index (χ0n) is 22.8. The van der Waals surface area contributed by atoms with Gasteiger partial charge in [-0.1, -0.05) is 30.3 Å². The van der Waals surface area contributed by atoms with Gasteiger partial charge in [0, 0.05) is 33.8 Å². The van der Waals surface area contributed by atoms with Gasteiger partial charge in [0.25, 0.3) is 0 Å². The molecule has 0 N–H and O–H groups in total. The molecule has 0 bridgehead atoms. The molecule has 0 unspecified atom stereocenters. The molecule has 1 fully saturated rings. The molecule has 1 aliphatic heterocycles. The Morgan fingerprint density at radius 1 is 0.750 bits per heavy atom. The zero-order valence-corrected chi connectivity index (χ0v) is 22.8. The summed E-state index contributed by atoms with van der Waals surface area (Å²) >= 11 is 0. The van der Waals surface area contributed by atoms with Crippen molar-refractivity contribution < 1.29 is 57.1 Å². The Kier molecular flexibility index (Phi) is 10.7. The first-order chi connectivity index (χ1) is 19.1. The average Bonchev–Trinajstić information content (AvgIpc) is 2.89. The lowest BCUT2D eigenvalue weighted by Gasteiger charge is -2.44. The summed E-state index contributed by atoms with van der Waals surface area (Å²) < 4.78 is 44.8. The Hall–Kier alpha value is -4.32. The summed E-state index contributed by atoms with van der Waals surface area (Å²) in [6.07, 6.45) is -6.63. The molecule has 0 spiro atoms. The molecule has 12 nitrogen and oxygen atoms in total. The molecule has 0 aliphatic carbocycles. The molecular weight excluding hydrogens is 528 g/mol. The van der Waals surface area contributed by atoms with Gasteiger partial charge in [0.15, 0.2) is 23.7 Å². The molecule has 2 aromatic rings. The number of hydrogen-bond acceptors (Lipinski definition) is 12. The van der Waals surface area contributed by atoms with Crippen molar-refractivity contribution >= 4 is 23.9 Å². The minimum atomic E-state index is -1.42. The SMILES string of the molecule is COc1ccc(OCc2ccccc2)cc1O[C@@H]1O[C@H](COC(C)=O)[C@@H](OC(C)=O)[C@H](OC(C)=O)[C@H]1OC(C)=O. The van der Waals surface area contributed by atoms with E-state index >= 15 is 0 Å². The smallest absolute Gasteiger partial charge is 0.303 e. The Bertz CT molecular complexity index is 1180. The van der Waals surface area contributed by atoms with Crippen LogP contribution in [0.3, 0.4) is 0 Å². The van der Waals surface area contributed by atoms with Crippen molar-refractivity contribution in [2.24, 2.45) is 0 Å². The van der Waals surface area contributed by atoms with Crippen LogP contribution >= 0.6 is 0 Å². The van der Waals surface area contributed by atoms with Crippen molar-refractivity contribution in [2.45, 2.75) is 65.0 Å². The molecule has 12 heteroatoms. The maximum absolute atomic E-state index is 12.1. The highest BCUT2D eigenvalue weighted by atomic mass is 16.7. The minimum Gasteiger partial charge on any atom is -0.493 e. The third kappa shape index (κ3) is 8.60. The molecule has 2 aromatic carbocycles. The van der Waals surface area contributed by atoms with E-state index in [0.717, 1.165) is 26.3 Å². The lowest BCUT2D eigenvalue weighted by atomic mass is 9.98. The number of carbonyl (C=O) groups is 4. The van der Waals surface area contributed by atoms with E-state index in [2.05, 4.69) is 0 Å². The molecule has 0 aromatic heterocycles. The van der Waals surface area contributed by atoms with Gasteiger partial charge < -0.3 is 37.9 Å². The second-order valence-electron chi connectivity index (χ2n) is 8.77. The van der Waals surface area contributed by atoms with Gasteiger partial charge in [0.05, 0.1) is 7.11 Å². The lowest BCUT2D eigenvalue weighted by Crippen LogP contribution is -2.63. The molecule has 216 valence electrons. The summed E-state index contributed by atoms with van der Waals surface area (Å²) in [6.45, 7) is 4.52. The maximum atomic E-state index is 12.1. The third-order valence-electron chi connectivity index (χ3n) is 5.57. The van der Waals surface area contributed by atoms with Crippen molar-refractivity contribution in [3.8, 4) is 17.2 Å². The Labute approximate surface area is 231 Å². The summed E-state index contributed by atoms with van der Waals surface area (Å²) in [4.78, 5) is 47.6. The summed E-state index contributed by atoms with van der Waals surface area (Å²) in [6, 6.07) is 14.4. The molecule has 1 saturated heterocycles. The van der Waals surface area contributed by atoms with Gasteiger partial charge in [0.2, 0.25) is 12.4 Å². The number of rotatable bonds is 11. The van der Waals surface area contributed by atoms with Crippen LogP contribution in [0.1, 0.15) is 33.3 Å². The molecule has 3 rings (SSSR count). The standard InChI is InChI=1S/C28H32O12/c1-16(29)34-15-24-25(36-17(2)30)26(37-18(3)31)27(38-19(4)32)28(40-24)39-23-13-21(11-12-22(23)33-5)35-14-20-9-7-6-8-10-20/h6-13,24-28H,14-15H2,1-5H3/t24-,25-,26+,27-,28-/m1/s1. The minimum absolute atomic E-state index is 0.147. The van der Waals surface area contributed by atoms with Crippen molar-refractivity contribution in [1.82, 2.24) is 0 Å². The van der Waals surface area contributed by atoms with Gasteiger partial charge in [-0.05, 0) is 17.7 Å². The topological polar surface area (TPSA) is 142 Å². The van der Waals surface area contributed by atoms with E-state index < -0.39 is 54.6 Å². The molecule has 1 heterocycles. The number of ether oxygens (including phenoxy) is 8.